The fourth-order valence-electron chi connectivity index (χ4n) is 4.35. The van der Waals surface area contributed by atoms with Crippen LogP contribution in [0.1, 0.15) is 44.9 Å². The van der Waals surface area contributed by atoms with Gasteiger partial charge in [0.15, 0.2) is 0 Å². The predicted octanol–water partition coefficient (Wildman–Crippen LogP) is 3.48. The summed E-state index contributed by atoms with van der Waals surface area (Å²) in [6, 6.07) is 12.7. The Morgan fingerprint density at radius 1 is 1.35 bits per heavy atom. The minimum Gasteiger partial charge on any atom is -0.372 e. The van der Waals surface area contributed by atoms with E-state index in [4.69, 9.17) is 4.74 Å². The van der Waals surface area contributed by atoms with Crippen LogP contribution in [0.15, 0.2) is 48.8 Å². The molecule has 3 aromatic heterocycles. The van der Waals surface area contributed by atoms with Gasteiger partial charge < -0.3 is 19.6 Å². The molecule has 1 aliphatic heterocycles. The van der Waals surface area contributed by atoms with Crippen molar-refractivity contribution in [2.45, 2.75) is 32.1 Å². The number of hydrogen-bond acceptors (Lipinski definition) is 4. The topological polar surface area (TPSA) is 84.8 Å². The molecule has 1 amide bonds. The molecule has 2 N–H and O–H groups in total. The molecule has 8 heteroatoms. The third-order valence-electron chi connectivity index (χ3n) is 5.83. The van der Waals surface area contributed by atoms with Gasteiger partial charge in [-0.15, -0.1) is 0 Å². The lowest BCUT2D eigenvalue weighted by molar-refractivity contribution is 0.0936. The first-order valence-corrected chi connectivity index (χ1v) is 11.0. The third-order valence-corrected chi connectivity index (χ3v) is 5.83. The van der Waals surface area contributed by atoms with Gasteiger partial charge in [0.2, 0.25) is 0 Å². The number of imidazole rings is 1. The molecular formula is C26H24FN5O2. The molecular weight excluding hydrogens is 433 g/mol. The molecule has 1 aromatic carbocycles. The maximum absolute atomic E-state index is 14.1. The molecule has 1 aliphatic rings. The molecule has 172 valence electrons. The molecule has 0 fully saturated rings. The molecule has 4 heterocycles. The summed E-state index contributed by atoms with van der Waals surface area (Å²) < 4.78 is 20.9. The zero-order chi connectivity index (χ0) is 23.7. The van der Waals surface area contributed by atoms with E-state index in [9.17, 15) is 9.18 Å². The van der Waals surface area contributed by atoms with Crippen LogP contribution in [0.3, 0.4) is 0 Å². The van der Waals surface area contributed by atoms with Gasteiger partial charge in [-0.3, -0.25) is 4.79 Å². The summed E-state index contributed by atoms with van der Waals surface area (Å²) in [5.41, 5.74) is 4.75. The summed E-state index contributed by atoms with van der Waals surface area (Å²) in [4.78, 5) is 25.7. The average Bonchev–Trinajstić information content (AvgIpc) is 3.51. The highest BCUT2D eigenvalue weighted by atomic mass is 19.1. The number of hydrogen-bond donors (Lipinski definition) is 2. The van der Waals surface area contributed by atoms with Crippen molar-refractivity contribution in [3.05, 3.63) is 82.8 Å². The molecule has 0 radical (unpaired) electrons. The van der Waals surface area contributed by atoms with E-state index in [1.165, 1.54) is 0 Å². The molecule has 0 aliphatic carbocycles. The number of carbonyl (C=O) groups is 1. The van der Waals surface area contributed by atoms with E-state index >= 15 is 0 Å². The van der Waals surface area contributed by atoms with Gasteiger partial charge in [0.05, 0.1) is 18.6 Å². The minimum absolute atomic E-state index is 0.252. The Kier molecular flexibility index (Phi) is 5.86. The van der Waals surface area contributed by atoms with Gasteiger partial charge in [-0.1, -0.05) is 30.0 Å². The molecule has 5 rings (SSSR count). The molecule has 7 nitrogen and oxygen atoms in total. The van der Waals surface area contributed by atoms with E-state index in [0.717, 1.165) is 22.3 Å². The zero-order valence-corrected chi connectivity index (χ0v) is 18.9. The number of aromatic nitrogens is 4. The molecule has 0 spiro atoms. The van der Waals surface area contributed by atoms with E-state index < -0.39 is 12.2 Å². The number of benzene rings is 1. The monoisotopic (exact) mass is 457 g/mol. The van der Waals surface area contributed by atoms with Crippen LogP contribution in [0.2, 0.25) is 0 Å². The van der Waals surface area contributed by atoms with Crippen molar-refractivity contribution in [1.82, 2.24) is 24.8 Å². The van der Waals surface area contributed by atoms with Crippen molar-refractivity contribution in [2.24, 2.45) is 0 Å². The lowest BCUT2D eigenvalue weighted by atomic mass is 10.1. The van der Waals surface area contributed by atoms with Crippen LogP contribution in [0.25, 0.3) is 10.9 Å². The van der Waals surface area contributed by atoms with Crippen LogP contribution in [0.5, 0.6) is 0 Å². The maximum Gasteiger partial charge on any atom is 0.270 e. The number of methoxy groups -OCH3 is 1. The Bertz CT molecular complexity index is 1390. The predicted molar refractivity (Wildman–Crippen MR) is 126 cm³/mol. The lowest BCUT2D eigenvalue weighted by Crippen LogP contribution is -2.31. The quantitative estimate of drug-likeness (QED) is 0.450. The number of carbonyl (C=O) groups excluding carboxylic acids is 1. The van der Waals surface area contributed by atoms with E-state index in [2.05, 4.69) is 32.1 Å². The summed E-state index contributed by atoms with van der Waals surface area (Å²) >= 11 is 0. The number of amides is 1. The highest BCUT2D eigenvalue weighted by molar-refractivity contribution is 5.93. The van der Waals surface area contributed by atoms with Gasteiger partial charge >= 0.3 is 0 Å². The summed E-state index contributed by atoms with van der Waals surface area (Å²) in [6.45, 7) is 2.39. The van der Waals surface area contributed by atoms with E-state index in [0.29, 0.717) is 23.6 Å². The Balaban J connectivity index is 1.52. The minimum atomic E-state index is -0.956. The normalized spacial score (nSPS) is 15.6. The number of rotatable bonds is 5. The number of alkyl halides is 1. The number of fused-ring (bicyclic) bond motifs is 2. The van der Waals surface area contributed by atoms with Crippen LogP contribution < -0.4 is 5.32 Å². The number of H-pyrrole nitrogens is 1. The first kappa shape index (κ1) is 21.9. The van der Waals surface area contributed by atoms with Crippen LogP contribution in [-0.2, 0) is 17.7 Å². The summed E-state index contributed by atoms with van der Waals surface area (Å²) in [6.07, 6.45) is 0.951. The van der Waals surface area contributed by atoms with Crippen molar-refractivity contribution in [2.75, 3.05) is 13.7 Å². The Labute approximate surface area is 196 Å². The molecule has 0 saturated heterocycles. The maximum atomic E-state index is 14.1. The molecule has 34 heavy (non-hydrogen) atoms. The van der Waals surface area contributed by atoms with Crippen molar-refractivity contribution < 1.29 is 13.9 Å². The number of nitrogens with zero attached hydrogens (tertiary/aromatic N) is 3. The Morgan fingerprint density at radius 3 is 3.03 bits per heavy atom. The van der Waals surface area contributed by atoms with Gasteiger partial charge in [0.25, 0.3) is 5.91 Å². The fraction of sp³-hybridized carbons (Fsp3) is 0.269. The fourth-order valence-corrected chi connectivity index (χ4v) is 4.35. The highest BCUT2D eigenvalue weighted by Crippen LogP contribution is 2.30. The van der Waals surface area contributed by atoms with Gasteiger partial charge in [0, 0.05) is 41.7 Å². The number of ether oxygens (including phenoxy) is 1. The molecule has 2 atom stereocenters. The first-order chi connectivity index (χ1) is 16.5. The molecule has 4 aromatic rings. The van der Waals surface area contributed by atoms with Crippen LogP contribution in [0.4, 0.5) is 4.39 Å². The second-order valence-electron chi connectivity index (χ2n) is 8.37. The first-order valence-electron chi connectivity index (χ1n) is 11.0. The summed E-state index contributed by atoms with van der Waals surface area (Å²) in [7, 11) is 1.58. The van der Waals surface area contributed by atoms with Crippen LogP contribution in [-0.4, -0.2) is 45.3 Å². The van der Waals surface area contributed by atoms with Crippen molar-refractivity contribution in [3.8, 4) is 11.8 Å². The number of aromatic amines is 1. The van der Waals surface area contributed by atoms with E-state index in [1.54, 1.807) is 19.5 Å². The van der Waals surface area contributed by atoms with Gasteiger partial charge in [-0.05, 0) is 36.6 Å². The second-order valence-corrected chi connectivity index (χ2v) is 8.37. The average molecular weight is 458 g/mol. The highest BCUT2D eigenvalue weighted by Gasteiger charge is 2.31. The van der Waals surface area contributed by atoms with E-state index in [1.807, 2.05) is 47.9 Å². The van der Waals surface area contributed by atoms with Gasteiger partial charge in [-0.2, -0.15) is 0 Å². The Hall–Kier alpha value is -3.96. The molecule has 0 unspecified atom stereocenters. The van der Waals surface area contributed by atoms with Gasteiger partial charge in [0.1, 0.15) is 24.5 Å². The van der Waals surface area contributed by atoms with E-state index in [-0.39, 0.29) is 24.6 Å². The summed E-state index contributed by atoms with van der Waals surface area (Å²) in [5, 5.41) is 4.09. The second kappa shape index (κ2) is 9.12. The number of pyridine rings is 1. The number of halogens is 1. The van der Waals surface area contributed by atoms with Gasteiger partial charge in [-0.25, -0.2) is 14.4 Å². The number of para-hydroxylation sites is 1. The zero-order valence-electron chi connectivity index (χ0n) is 18.9. The Morgan fingerprint density at radius 2 is 2.21 bits per heavy atom. The van der Waals surface area contributed by atoms with Crippen molar-refractivity contribution in [3.63, 3.8) is 0 Å². The molecule has 0 bridgehead atoms. The lowest BCUT2D eigenvalue weighted by Gasteiger charge is -2.17. The number of nitrogens with one attached hydrogen (secondary N) is 2. The summed E-state index contributed by atoms with van der Waals surface area (Å²) in [5.74, 6) is 5.53. The van der Waals surface area contributed by atoms with Crippen LogP contribution in [0, 0.1) is 18.8 Å². The van der Waals surface area contributed by atoms with Crippen molar-refractivity contribution in [1.29, 1.82) is 0 Å². The van der Waals surface area contributed by atoms with Crippen molar-refractivity contribution >= 4 is 16.8 Å². The standard InChI is InChI=1S/C26H24FN5O2/c1-16-10-17(6-5-9-34-2)11-22(29-16)26(33)31-24(21-12-18-7-3-4-8-20(18)30-21)25-23-13-19(27)14-32(23)15-28-25/h3-4,7-8,10-12,15,19,24,30H,9,13-14H2,1-2H3,(H,31,33)/t19-,24+/m1/s1. The SMILES string of the molecule is COCC#Cc1cc(C)nc(C(=O)N[C@@H](c2cc3ccccc3[nH]2)c2ncn3c2C[C@@H](F)C3)c1. The molecule has 0 saturated carbocycles. The number of aryl methyl sites for hydroxylation is 1. The smallest absolute Gasteiger partial charge is 0.270 e. The van der Waals surface area contributed by atoms with Crippen LogP contribution >= 0.6 is 0 Å². The third kappa shape index (κ3) is 4.30. The largest absolute Gasteiger partial charge is 0.372 e.